The van der Waals surface area contributed by atoms with E-state index >= 15 is 0 Å². The van der Waals surface area contributed by atoms with Crippen LogP contribution in [0.3, 0.4) is 0 Å². The Labute approximate surface area is 106 Å². The highest BCUT2D eigenvalue weighted by molar-refractivity contribution is 6.06. The van der Waals surface area contributed by atoms with Gasteiger partial charge in [-0.3, -0.25) is 0 Å². The number of rotatable bonds is 3. The molecular weight excluding hydrogens is 224 g/mol. The molecule has 0 radical (unpaired) electrons. The standard InChI is InChI=1S/C15H12N2O/c16-11-14(12-7-3-1-4-8-12)15(17-18)13-9-5-2-6-10-13/h1-10,14,18H. The summed E-state index contributed by atoms with van der Waals surface area (Å²) in [7, 11) is 0. The Kier molecular flexibility index (Phi) is 3.72. The third-order valence-corrected chi connectivity index (χ3v) is 2.71. The first-order valence-electron chi connectivity index (χ1n) is 5.58. The van der Waals surface area contributed by atoms with Crippen molar-refractivity contribution in [2.24, 2.45) is 5.16 Å². The second-order valence-corrected chi connectivity index (χ2v) is 3.82. The molecule has 0 amide bonds. The summed E-state index contributed by atoms with van der Waals surface area (Å²) in [5.74, 6) is -0.571. The van der Waals surface area contributed by atoms with E-state index in [1.807, 2.05) is 60.7 Å². The zero-order valence-corrected chi connectivity index (χ0v) is 9.69. The largest absolute Gasteiger partial charge is 0.411 e. The van der Waals surface area contributed by atoms with Gasteiger partial charge in [-0.15, -0.1) is 0 Å². The fourth-order valence-corrected chi connectivity index (χ4v) is 1.83. The minimum absolute atomic E-state index is 0.365. The van der Waals surface area contributed by atoms with Gasteiger partial charge < -0.3 is 5.21 Å². The normalized spacial score (nSPS) is 12.7. The molecule has 0 aliphatic rings. The molecule has 2 aromatic rings. The van der Waals surface area contributed by atoms with Gasteiger partial charge in [-0.05, 0) is 5.56 Å². The maximum absolute atomic E-state index is 9.30. The Balaban J connectivity index is 2.42. The van der Waals surface area contributed by atoms with Gasteiger partial charge in [-0.2, -0.15) is 5.26 Å². The van der Waals surface area contributed by atoms with E-state index in [4.69, 9.17) is 0 Å². The molecule has 0 saturated heterocycles. The van der Waals surface area contributed by atoms with Crippen molar-refractivity contribution in [3.05, 3.63) is 71.8 Å². The summed E-state index contributed by atoms with van der Waals surface area (Å²) in [5, 5.41) is 21.8. The maximum atomic E-state index is 9.30. The van der Waals surface area contributed by atoms with Crippen LogP contribution in [0, 0.1) is 11.3 Å². The SMILES string of the molecule is N#CC(C(=NO)c1ccccc1)c1ccccc1. The van der Waals surface area contributed by atoms with Crippen molar-refractivity contribution in [1.29, 1.82) is 5.26 Å². The topological polar surface area (TPSA) is 56.4 Å². The number of benzene rings is 2. The number of nitriles is 1. The summed E-state index contributed by atoms with van der Waals surface area (Å²) >= 11 is 0. The first kappa shape index (κ1) is 11.9. The molecule has 0 saturated carbocycles. The summed E-state index contributed by atoms with van der Waals surface area (Å²) in [4.78, 5) is 0. The predicted octanol–water partition coefficient (Wildman–Crippen LogP) is 3.17. The van der Waals surface area contributed by atoms with Crippen molar-refractivity contribution >= 4 is 5.71 Å². The Hall–Kier alpha value is -2.60. The molecule has 0 aliphatic carbocycles. The molecule has 0 heterocycles. The average Bonchev–Trinajstić information content (AvgIpc) is 2.46. The van der Waals surface area contributed by atoms with E-state index in [-0.39, 0.29) is 0 Å². The van der Waals surface area contributed by atoms with Crippen LogP contribution in [0.2, 0.25) is 0 Å². The summed E-state index contributed by atoms with van der Waals surface area (Å²) in [6.07, 6.45) is 0. The van der Waals surface area contributed by atoms with Gasteiger partial charge in [0.25, 0.3) is 0 Å². The van der Waals surface area contributed by atoms with Crippen molar-refractivity contribution < 1.29 is 5.21 Å². The summed E-state index contributed by atoms with van der Waals surface area (Å²) < 4.78 is 0. The van der Waals surface area contributed by atoms with E-state index in [0.29, 0.717) is 5.71 Å². The van der Waals surface area contributed by atoms with Crippen molar-refractivity contribution in [1.82, 2.24) is 0 Å². The van der Waals surface area contributed by atoms with E-state index in [1.54, 1.807) is 0 Å². The maximum Gasteiger partial charge on any atom is 0.117 e. The molecule has 2 aromatic carbocycles. The summed E-state index contributed by atoms with van der Waals surface area (Å²) in [5.41, 5.74) is 1.93. The van der Waals surface area contributed by atoms with E-state index in [2.05, 4.69) is 11.2 Å². The van der Waals surface area contributed by atoms with Crippen LogP contribution in [0.4, 0.5) is 0 Å². The minimum Gasteiger partial charge on any atom is -0.411 e. The second kappa shape index (κ2) is 5.65. The lowest BCUT2D eigenvalue weighted by Crippen LogP contribution is -2.12. The fourth-order valence-electron chi connectivity index (χ4n) is 1.83. The minimum atomic E-state index is -0.571. The summed E-state index contributed by atoms with van der Waals surface area (Å²) in [6, 6.07) is 20.7. The van der Waals surface area contributed by atoms with Crippen LogP contribution in [-0.4, -0.2) is 10.9 Å². The molecule has 1 N–H and O–H groups in total. The molecule has 2 rings (SSSR count). The molecule has 0 fully saturated rings. The molecule has 0 aliphatic heterocycles. The highest BCUT2D eigenvalue weighted by Crippen LogP contribution is 2.20. The molecule has 0 bridgehead atoms. The van der Waals surface area contributed by atoms with Gasteiger partial charge in [-0.25, -0.2) is 0 Å². The molecule has 3 nitrogen and oxygen atoms in total. The number of hydrogen-bond donors (Lipinski definition) is 1. The van der Waals surface area contributed by atoms with Crippen LogP contribution in [0.1, 0.15) is 17.0 Å². The zero-order valence-electron chi connectivity index (χ0n) is 9.69. The Bertz CT molecular complexity index is 570. The van der Waals surface area contributed by atoms with Gasteiger partial charge in [-0.1, -0.05) is 65.8 Å². The molecule has 18 heavy (non-hydrogen) atoms. The molecule has 1 atom stereocenters. The van der Waals surface area contributed by atoms with Crippen LogP contribution in [0.5, 0.6) is 0 Å². The van der Waals surface area contributed by atoms with Gasteiger partial charge in [0.15, 0.2) is 0 Å². The molecule has 1 unspecified atom stereocenters. The molecular formula is C15H12N2O. The van der Waals surface area contributed by atoms with Crippen molar-refractivity contribution in [3.8, 4) is 6.07 Å². The van der Waals surface area contributed by atoms with Crippen LogP contribution < -0.4 is 0 Å². The van der Waals surface area contributed by atoms with E-state index in [0.717, 1.165) is 11.1 Å². The quantitative estimate of drug-likeness (QED) is 0.505. The molecule has 0 spiro atoms. The second-order valence-electron chi connectivity index (χ2n) is 3.82. The van der Waals surface area contributed by atoms with Crippen molar-refractivity contribution in [2.75, 3.05) is 0 Å². The lowest BCUT2D eigenvalue weighted by Gasteiger charge is -2.11. The van der Waals surface area contributed by atoms with Crippen LogP contribution in [-0.2, 0) is 0 Å². The van der Waals surface area contributed by atoms with Gasteiger partial charge in [0.1, 0.15) is 11.6 Å². The van der Waals surface area contributed by atoms with Gasteiger partial charge in [0.2, 0.25) is 0 Å². The third-order valence-electron chi connectivity index (χ3n) is 2.71. The lowest BCUT2D eigenvalue weighted by atomic mass is 9.91. The fraction of sp³-hybridized carbons (Fsp3) is 0.0667. The number of hydrogen-bond acceptors (Lipinski definition) is 3. The van der Waals surface area contributed by atoms with E-state index in [1.165, 1.54) is 0 Å². The number of oxime groups is 1. The highest BCUT2D eigenvalue weighted by Gasteiger charge is 2.19. The lowest BCUT2D eigenvalue weighted by molar-refractivity contribution is 0.318. The average molecular weight is 236 g/mol. The Morgan fingerprint density at radius 2 is 1.56 bits per heavy atom. The van der Waals surface area contributed by atoms with Crippen LogP contribution in [0.15, 0.2) is 65.8 Å². The highest BCUT2D eigenvalue weighted by atomic mass is 16.4. The van der Waals surface area contributed by atoms with Crippen LogP contribution >= 0.6 is 0 Å². The number of nitrogens with zero attached hydrogens (tertiary/aromatic N) is 2. The first-order valence-corrected chi connectivity index (χ1v) is 5.58. The van der Waals surface area contributed by atoms with E-state index < -0.39 is 5.92 Å². The predicted molar refractivity (Wildman–Crippen MR) is 69.6 cm³/mol. The van der Waals surface area contributed by atoms with Crippen LogP contribution in [0.25, 0.3) is 0 Å². The smallest absolute Gasteiger partial charge is 0.117 e. The summed E-state index contributed by atoms with van der Waals surface area (Å²) in [6.45, 7) is 0. The molecule has 0 aromatic heterocycles. The third kappa shape index (κ3) is 2.38. The van der Waals surface area contributed by atoms with Crippen molar-refractivity contribution in [2.45, 2.75) is 5.92 Å². The molecule has 3 heteroatoms. The van der Waals surface area contributed by atoms with Gasteiger partial charge in [0.05, 0.1) is 6.07 Å². The Morgan fingerprint density at radius 3 is 2.06 bits per heavy atom. The van der Waals surface area contributed by atoms with Gasteiger partial charge >= 0.3 is 0 Å². The monoisotopic (exact) mass is 236 g/mol. The first-order chi connectivity index (χ1) is 8.86. The van der Waals surface area contributed by atoms with Gasteiger partial charge in [0, 0.05) is 5.56 Å². The zero-order chi connectivity index (χ0) is 12.8. The van der Waals surface area contributed by atoms with Crippen molar-refractivity contribution in [3.63, 3.8) is 0 Å². The van der Waals surface area contributed by atoms with E-state index in [9.17, 15) is 10.5 Å². The molecule has 88 valence electrons. The Morgan fingerprint density at radius 1 is 1.00 bits per heavy atom.